The van der Waals surface area contributed by atoms with Crippen LogP contribution in [0.4, 0.5) is 0 Å². The first kappa shape index (κ1) is 25.6. The molecule has 1 unspecified atom stereocenters. The van der Waals surface area contributed by atoms with Gasteiger partial charge < -0.3 is 10.4 Å². The predicted molar refractivity (Wildman–Crippen MR) is 147 cm³/mol. The fraction of sp³-hybridized carbons (Fsp3) is 0.111. The first-order valence-electron chi connectivity index (χ1n) is 11.6. The van der Waals surface area contributed by atoms with Crippen molar-refractivity contribution in [1.82, 2.24) is 19.8 Å². The van der Waals surface area contributed by atoms with Gasteiger partial charge in [-0.15, -0.1) is 0 Å². The van der Waals surface area contributed by atoms with Gasteiger partial charge in [0, 0.05) is 23.0 Å². The highest BCUT2D eigenvalue weighted by molar-refractivity contribution is 8.02. The molecule has 5 rings (SSSR count). The van der Waals surface area contributed by atoms with Gasteiger partial charge in [-0.3, -0.25) is 9.89 Å². The molecular formula is C27H24N4O5S2. The van der Waals surface area contributed by atoms with E-state index in [2.05, 4.69) is 15.1 Å². The molecule has 0 saturated heterocycles. The second-order valence-electron chi connectivity index (χ2n) is 8.59. The average Bonchev–Trinajstić information content (AvgIpc) is 3.55. The standard InChI is InChI=1S/C27H24N4O5S2/c1-28-38(35,36)21-12-10-17(11-13-21)14-22-24(20-9-5-8-19(15-20)18-6-3-2-4-7-18)30-31(25(22)32)27-29-23(16-37-27)26(33)34/h2-13,15-16,27-30H,14H2,1H3,(H,33,34). The fourth-order valence-corrected chi connectivity index (χ4v) is 5.85. The highest BCUT2D eigenvalue weighted by Gasteiger charge is 2.27. The maximum absolute atomic E-state index is 13.7. The van der Waals surface area contributed by atoms with Crippen LogP contribution >= 0.6 is 11.8 Å². The minimum atomic E-state index is -3.58. The lowest BCUT2D eigenvalue weighted by atomic mass is 9.98. The Balaban J connectivity index is 1.57. The lowest BCUT2D eigenvalue weighted by Gasteiger charge is -2.12. The summed E-state index contributed by atoms with van der Waals surface area (Å²) in [4.78, 5) is 25.2. The summed E-state index contributed by atoms with van der Waals surface area (Å²) in [5, 5.41) is 16.8. The zero-order chi connectivity index (χ0) is 26.9. The van der Waals surface area contributed by atoms with E-state index >= 15 is 0 Å². The van der Waals surface area contributed by atoms with E-state index in [1.807, 2.05) is 54.6 Å². The number of carboxylic acids is 1. The van der Waals surface area contributed by atoms with Crippen molar-refractivity contribution in [3.63, 3.8) is 0 Å². The van der Waals surface area contributed by atoms with Crippen LogP contribution in [-0.4, -0.2) is 36.3 Å². The molecule has 3 aromatic carbocycles. The number of aromatic nitrogens is 2. The number of H-pyrrole nitrogens is 1. The third-order valence-corrected chi connectivity index (χ3v) is 8.60. The van der Waals surface area contributed by atoms with Crippen LogP contribution in [0.2, 0.25) is 0 Å². The van der Waals surface area contributed by atoms with E-state index in [1.54, 1.807) is 12.1 Å². The number of aromatic amines is 1. The van der Waals surface area contributed by atoms with Crippen LogP contribution < -0.4 is 15.6 Å². The molecule has 0 amide bonds. The van der Waals surface area contributed by atoms with Gasteiger partial charge in [-0.1, -0.05) is 72.4 Å². The molecule has 0 radical (unpaired) electrons. The van der Waals surface area contributed by atoms with E-state index in [0.29, 0.717) is 11.3 Å². The lowest BCUT2D eigenvalue weighted by Crippen LogP contribution is -2.30. The third kappa shape index (κ3) is 5.03. The number of thioether (sulfide) groups is 1. The summed E-state index contributed by atoms with van der Waals surface area (Å²) in [6.07, 6.45) is 0.240. The summed E-state index contributed by atoms with van der Waals surface area (Å²) in [6.45, 7) is 0. The summed E-state index contributed by atoms with van der Waals surface area (Å²) < 4.78 is 27.9. The number of benzene rings is 3. The summed E-state index contributed by atoms with van der Waals surface area (Å²) in [6, 6.07) is 24.0. The zero-order valence-electron chi connectivity index (χ0n) is 20.2. The zero-order valence-corrected chi connectivity index (χ0v) is 21.8. The van der Waals surface area contributed by atoms with Gasteiger partial charge in [-0.2, -0.15) is 0 Å². The Morgan fingerprint density at radius 3 is 2.34 bits per heavy atom. The number of hydrogen-bond acceptors (Lipinski definition) is 6. The Hall–Kier alpha value is -4.06. The van der Waals surface area contributed by atoms with Gasteiger partial charge in [0.2, 0.25) is 10.0 Å². The van der Waals surface area contributed by atoms with Crippen molar-refractivity contribution in [2.45, 2.75) is 16.8 Å². The molecule has 1 aliphatic heterocycles. The number of hydrogen-bond donors (Lipinski definition) is 4. The van der Waals surface area contributed by atoms with E-state index in [9.17, 15) is 23.1 Å². The SMILES string of the molecule is CNS(=O)(=O)c1ccc(Cc2c(-c3cccc(-c4ccccc4)c3)[nH]n(C3NC(C(=O)O)=CS3)c2=O)cc1. The Bertz CT molecular complexity index is 1690. The Labute approximate surface area is 223 Å². The van der Waals surface area contributed by atoms with Crippen molar-refractivity contribution < 1.29 is 18.3 Å². The second-order valence-corrected chi connectivity index (χ2v) is 11.4. The van der Waals surface area contributed by atoms with Crippen molar-refractivity contribution >= 4 is 27.8 Å². The molecule has 2 heterocycles. The molecule has 1 aromatic heterocycles. The van der Waals surface area contributed by atoms with Crippen LogP contribution in [0.15, 0.2) is 99.7 Å². The van der Waals surface area contributed by atoms with Crippen LogP contribution in [0.1, 0.15) is 16.6 Å². The van der Waals surface area contributed by atoms with Crippen molar-refractivity contribution in [2.75, 3.05) is 7.05 Å². The highest BCUT2D eigenvalue weighted by atomic mass is 32.2. The number of aliphatic carboxylic acids is 1. The molecule has 9 nitrogen and oxygen atoms in total. The molecule has 1 aliphatic rings. The Kier molecular flexibility index (Phi) is 6.98. The van der Waals surface area contributed by atoms with Crippen LogP contribution in [0.25, 0.3) is 22.4 Å². The number of sulfonamides is 1. The summed E-state index contributed by atoms with van der Waals surface area (Å²) in [5.74, 6) is -1.10. The third-order valence-electron chi connectivity index (χ3n) is 6.21. The monoisotopic (exact) mass is 548 g/mol. The van der Waals surface area contributed by atoms with E-state index in [-0.39, 0.29) is 22.6 Å². The number of carboxylic acid groups (broad SMARTS) is 1. The van der Waals surface area contributed by atoms with Gasteiger partial charge in [0.25, 0.3) is 5.56 Å². The minimum absolute atomic E-state index is 0.0111. The lowest BCUT2D eigenvalue weighted by molar-refractivity contribution is -0.133. The molecule has 0 bridgehead atoms. The number of nitrogens with zero attached hydrogens (tertiary/aromatic N) is 1. The minimum Gasteiger partial charge on any atom is -0.477 e. The molecule has 0 spiro atoms. The van der Waals surface area contributed by atoms with E-state index in [4.69, 9.17) is 0 Å². The van der Waals surface area contributed by atoms with Crippen LogP contribution in [0, 0.1) is 0 Å². The van der Waals surface area contributed by atoms with Gasteiger partial charge in [-0.25, -0.2) is 22.6 Å². The fourth-order valence-electron chi connectivity index (χ4n) is 4.22. The molecular weight excluding hydrogens is 524 g/mol. The number of nitrogens with one attached hydrogen (secondary N) is 3. The summed E-state index contributed by atoms with van der Waals surface area (Å²) in [7, 11) is -2.24. The van der Waals surface area contributed by atoms with Crippen molar-refractivity contribution in [3.8, 4) is 22.4 Å². The second kappa shape index (κ2) is 10.4. The van der Waals surface area contributed by atoms with Crippen molar-refractivity contribution in [2.24, 2.45) is 0 Å². The van der Waals surface area contributed by atoms with E-state index in [1.165, 1.54) is 41.0 Å². The molecule has 194 valence electrons. The van der Waals surface area contributed by atoms with Crippen LogP contribution in [0.5, 0.6) is 0 Å². The molecule has 0 saturated carbocycles. The molecule has 38 heavy (non-hydrogen) atoms. The van der Waals surface area contributed by atoms with Crippen LogP contribution in [-0.2, 0) is 21.2 Å². The molecule has 0 fully saturated rings. The highest BCUT2D eigenvalue weighted by Crippen LogP contribution is 2.32. The van der Waals surface area contributed by atoms with Gasteiger partial charge in [0.05, 0.1) is 10.6 Å². The Morgan fingerprint density at radius 2 is 1.68 bits per heavy atom. The summed E-state index contributed by atoms with van der Waals surface area (Å²) >= 11 is 1.18. The predicted octanol–water partition coefficient (Wildman–Crippen LogP) is 3.73. The summed E-state index contributed by atoms with van der Waals surface area (Å²) in [5.41, 5.74) is 3.69. The first-order chi connectivity index (χ1) is 18.3. The maximum atomic E-state index is 13.7. The topological polar surface area (TPSA) is 133 Å². The quantitative estimate of drug-likeness (QED) is 0.264. The molecule has 1 atom stereocenters. The molecule has 0 aliphatic carbocycles. The van der Waals surface area contributed by atoms with Gasteiger partial charge in [0.15, 0.2) is 5.50 Å². The van der Waals surface area contributed by atoms with E-state index in [0.717, 1.165) is 22.3 Å². The average molecular weight is 549 g/mol. The number of rotatable bonds is 8. The first-order valence-corrected chi connectivity index (χ1v) is 14.1. The van der Waals surface area contributed by atoms with Gasteiger partial charge in [-0.05, 0) is 41.9 Å². The van der Waals surface area contributed by atoms with E-state index < -0.39 is 21.5 Å². The van der Waals surface area contributed by atoms with Crippen LogP contribution in [0.3, 0.4) is 0 Å². The van der Waals surface area contributed by atoms with Crippen molar-refractivity contribution in [3.05, 3.63) is 111 Å². The Morgan fingerprint density at radius 1 is 1.00 bits per heavy atom. The van der Waals surface area contributed by atoms with Gasteiger partial charge >= 0.3 is 5.97 Å². The number of carbonyl (C=O) groups is 1. The molecule has 4 aromatic rings. The molecule has 4 N–H and O–H groups in total. The largest absolute Gasteiger partial charge is 0.477 e. The molecule has 11 heteroatoms. The van der Waals surface area contributed by atoms with Crippen molar-refractivity contribution in [1.29, 1.82) is 0 Å². The van der Waals surface area contributed by atoms with Gasteiger partial charge in [0.1, 0.15) is 5.70 Å². The smallest absolute Gasteiger partial charge is 0.352 e. The normalized spacial score (nSPS) is 15.2. The maximum Gasteiger partial charge on any atom is 0.352 e.